The summed E-state index contributed by atoms with van der Waals surface area (Å²) in [7, 11) is 1.63. The SMILES string of the molecule is COc1cc(NC(C)C2CCCC2)nc(C)n1. The molecule has 2 rings (SSSR count). The Kier molecular flexibility index (Phi) is 3.82. The van der Waals surface area contributed by atoms with E-state index in [0.717, 1.165) is 17.6 Å². The van der Waals surface area contributed by atoms with E-state index in [1.54, 1.807) is 7.11 Å². The molecule has 1 atom stereocenters. The van der Waals surface area contributed by atoms with Gasteiger partial charge in [-0.2, -0.15) is 4.98 Å². The van der Waals surface area contributed by atoms with Crippen molar-refractivity contribution < 1.29 is 4.74 Å². The molecule has 0 spiro atoms. The maximum atomic E-state index is 5.15. The summed E-state index contributed by atoms with van der Waals surface area (Å²) in [5.41, 5.74) is 0. The molecule has 0 aromatic carbocycles. The van der Waals surface area contributed by atoms with Crippen molar-refractivity contribution in [1.82, 2.24) is 9.97 Å². The van der Waals surface area contributed by atoms with Gasteiger partial charge in [-0.15, -0.1) is 0 Å². The summed E-state index contributed by atoms with van der Waals surface area (Å²) >= 11 is 0. The van der Waals surface area contributed by atoms with Crippen LogP contribution in [0.25, 0.3) is 0 Å². The second kappa shape index (κ2) is 5.34. The topological polar surface area (TPSA) is 47.0 Å². The molecule has 4 heteroatoms. The van der Waals surface area contributed by atoms with Crippen molar-refractivity contribution in [3.63, 3.8) is 0 Å². The average molecular weight is 235 g/mol. The first kappa shape index (κ1) is 12.1. The van der Waals surface area contributed by atoms with Crippen molar-refractivity contribution in [3.8, 4) is 5.88 Å². The molecule has 1 N–H and O–H groups in total. The Hall–Kier alpha value is -1.32. The zero-order valence-electron chi connectivity index (χ0n) is 10.9. The lowest BCUT2D eigenvalue weighted by Crippen LogP contribution is -2.24. The van der Waals surface area contributed by atoms with Crippen molar-refractivity contribution in [1.29, 1.82) is 0 Å². The van der Waals surface area contributed by atoms with E-state index in [1.165, 1.54) is 25.7 Å². The number of nitrogens with zero attached hydrogens (tertiary/aromatic N) is 2. The Morgan fingerprint density at radius 1 is 1.35 bits per heavy atom. The third kappa shape index (κ3) is 3.08. The Bertz CT molecular complexity index is 375. The van der Waals surface area contributed by atoms with Gasteiger partial charge in [-0.25, -0.2) is 4.98 Å². The third-order valence-corrected chi connectivity index (χ3v) is 3.51. The number of hydrogen-bond acceptors (Lipinski definition) is 4. The van der Waals surface area contributed by atoms with Gasteiger partial charge in [0.25, 0.3) is 0 Å². The van der Waals surface area contributed by atoms with Crippen LogP contribution in [0.4, 0.5) is 5.82 Å². The van der Waals surface area contributed by atoms with Crippen LogP contribution in [-0.4, -0.2) is 23.1 Å². The van der Waals surface area contributed by atoms with Gasteiger partial charge in [0.1, 0.15) is 11.6 Å². The molecule has 1 saturated carbocycles. The van der Waals surface area contributed by atoms with Crippen molar-refractivity contribution in [2.24, 2.45) is 5.92 Å². The molecule has 0 bridgehead atoms. The van der Waals surface area contributed by atoms with Gasteiger partial charge in [-0.3, -0.25) is 0 Å². The fraction of sp³-hybridized carbons (Fsp3) is 0.692. The fourth-order valence-corrected chi connectivity index (χ4v) is 2.53. The highest BCUT2D eigenvalue weighted by Gasteiger charge is 2.21. The van der Waals surface area contributed by atoms with Gasteiger partial charge >= 0.3 is 0 Å². The van der Waals surface area contributed by atoms with E-state index in [1.807, 2.05) is 13.0 Å². The van der Waals surface area contributed by atoms with Crippen molar-refractivity contribution in [2.75, 3.05) is 12.4 Å². The molecule has 0 radical (unpaired) electrons. The number of rotatable bonds is 4. The molecule has 1 aromatic rings. The molecule has 1 aromatic heterocycles. The van der Waals surface area contributed by atoms with E-state index in [-0.39, 0.29) is 0 Å². The summed E-state index contributed by atoms with van der Waals surface area (Å²) in [6.07, 6.45) is 5.39. The number of aromatic nitrogens is 2. The predicted molar refractivity (Wildman–Crippen MR) is 68.4 cm³/mol. The van der Waals surface area contributed by atoms with Gasteiger partial charge in [0.2, 0.25) is 5.88 Å². The summed E-state index contributed by atoms with van der Waals surface area (Å²) in [4.78, 5) is 8.57. The summed E-state index contributed by atoms with van der Waals surface area (Å²) in [5.74, 6) is 3.01. The van der Waals surface area contributed by atoms with Crippen LogP contribution in [0, 0.1) is 12.8 Å². The summed E-state index contributed by atoms with van der Waals surface area (Å²) in [5, 5.41) is 3.47. The van der Waals surface area contributed by atoms with Gasteiger partial charge < -0.3 is 10.1 Å². The predicted octanol–water partition coefficient (Wildman–Crippen LogP) is 2.78. The lowest BCUT2D eigenvalue weighted by atomic mass is 10.00. The molecule has 17 heavy (non-hydrogen) atoms. The largest absolute Gasteiger partial charge is 0.481 e. The number of methoxy groups -OCH3 is 1. The molecule has 94 valence electrons. The van der Waals surface area contributed by atoms with Crippen LogP contribution in [-0.2, 0) is 0 Å². The number of aryl methyl sites for hydroxylation is 1. The lowest BCUT2D eigenvalue weighted by molar-refractivity contribution is 0.395. The van der Waals surface area contributed by atoms with Crippen molar-refractivity contribution >= 4 is 5.82 Å². The van der Waals surface area contributed by atoms with Crippen LogP contribution >= 0.6 is 0 Å². The molecule has 0 amide bonds. The summed E-state index contributed by atoms with van der Waals surface area (Å²) in [6, 6.07) is 2.33. The van der Waals surface area contributed by atoms with E-state index in [4.69, 9.17) is 4.74 Å². The third-order valence-electron chi connectivity index (χ3n) is 3.51. The summed E-state index contributed by atoms with van der Waals surface area (Å²) < 4.78 is 5.15. The molecule has 4 nitrogen and oxygen atoms in total. The smallest absolute Gasteiger partial charge is 0.218 e. The van der Waals surface area contributed by atoms with E-state index < -0.39 is 0 Å². The molecule has 1 unspecified atom stereocenters. The number of hydrogen-bond donors (Lipinski definition) is 1. The van der Waals surface area contributed by atoms with Crippen LogP contribution in [0.15, 0.2) is 6.07 Å². The molecule has 0 saturated heterocycles. The van der Waals surface area contributed by atoms with Crippen molar-refractivity contribution in [3.05, 3.63) is 11.9 Å². The number of nitrogens with one attached hydrogen (secondary N) is 1. The van der Waals surface area contributed by atoms with Crippen LogP contribution in [0.1, 0.15) is 38.4 Å². The average Bonchev–Trinajstić information content (AvgIpc) is 2.81. The monoisotopic (exact) mass is 235 g/mol. The Balaban J connectivity index is 2.04. The van der Waals surface area contributed by atoms with E-state index in [0.29, 0.717) is 11.9 Å². The Morgan fingerprint density at radius 2 is 2.06 bits per heavy atom. The van der Waals surface area contributed by atoms with E-state index >= 15 is 0 Å². The summed E-state index contributed by atoms with van der Waals surface area (Å²) in [6.45, 7) is 4.12. The second-order valence-electron chi connectivity index (χ2n) is 4.82. The highest BCUT2D eigenvalue weighted by atomic mass is 16.5. The highest BCUT2D eigenvalue weighted by Crippen LogP contribution is 2.29. The molecular weight excluding hydrogens is 214 g/mol. The number of ether oxygens (including phenoxy) is 1. The zero-order chi connectivity index (χ0) is 12.3. The molecule has 1 aliphatic rings. The zero-order valence-corrected chi connectivity index (χ0v) is 10.9. The van der Waals surface area contributed by atoms with Gasteiger partial charge in [-0.05, 0) is 32.6 Å². The lowest BCUT2D eigenvalue weighted by Gasteiger charge is -2.21. The van der Waals surface area contributed by atoms with Crippen LogP contribution in [0.2, 0.25) is 0 Å². The minimum absolute atomic E-state index is 0.469. The minimum Gasteiger partial charge on any atom is -0.481 e. The molecule has 1 heterocycles. The van der Waals surface area contributed by atoms with Crippen LogP contribution < -0.4 is 10.1 Å². The first-order valence-electron chi connectivity index (χ1n) is 6.35. The fourth-order valence-electron chi connectivity index (χ4n) is 2.53. The quantitative estimate of drug-likeness (QED) is 0.871. The molecule has 1 fully saturated rings. The van der Waals surface area contributed by atoms with E-state index in [9.17, 15) is 0 Å². The standard InChI is InChI=1S/C13H21N3O/c1-9(11-6-4-5-7-11)14-12-8-13(17-3)16-10(2)15-12/h8-9,11H,4-7H2,1-3H3,(H,14,15,16). The van der Waals surface area contributed by atoms with Crippen LogP contribution in [0.5, 0.6) is 5.88 Å². The van der Waals surface area contributed by atoms with Gasteiger partial charge in [0.15, 0.2) is 0 Å². The first-order chi connectivity index (χ1) is 8.19. The van der Waals surface area contributed by atoms with Gasteiger partial charge in [0.05, 0.1) is 7.11 Å². The molecule has 0 aliphatic heterocycles. The molecular formula is C13H21N3O. The van der Waals surface area contributed by atoms with Gasteiger partial charge in [-0.1, -0.05) is 12.8 Å². The first-order valence-corrected chi connectivity index (χ1v) is 6.35. The van der Waals surface area contributed by atoms with Crippen LogP contribution in [0.3, 0.4) is 0 Å². The minimum atomic E-state index is 0.469. The maximum Gasteiger partial charge on any atom is 0.218 e. The maximum absolute atomic E-state index is 5.15. The Morgan fingerprint density at radius 3 is 2.71 bits per heavy atom. The van der Waals surface area contributed by atoms with Crippen molar-refractivity contribution in [2.45, 2.75) is 45.6 Å². The highest BCUT2D eigenvalue weighted by molar-refractivity contribution is 5.39. The normalized spacial score (nSPS) is 18.1. The van der Waals surface area contributed by atoms with E-state index in [2.05, 4.69) is 22.2 Å². The second-order valence-corrected chi connectivity index (χ2v) is 4.82. The Labute approximate surface area is 103 Å². The number of anilines is 1. The molecule has 1 aliphatic carbocycles. The van der Waals surface area contributed by atoms with Gasteiger partial charge in [0, 0.05) is 12.1 Å².